The summed E-state index contributed by atoms with van der Waals surface area (Å²) in [7, 11) is 0. The second kappa shape index (κ2) is 2.71. The number of hydrogen-bond acceptors (Lipinski definition) is 0. The van der Waals surface area contributed by atoms with Crippen LogP contribution in [0.2, 0.25) is 0 Å². The highest BCUT2D eigenvalue weighted by Crippen LogP contribution is 2.12. The van der Waals surface area contributed by atoms with Crippen LogP contribution in [0.25, 0.3) is 0 Å². The van der Waals surface area contributed by atoms with Gasteiger partial charge in [0, 0.05) is 0 Å². The summed E-state index contributed by atoms with van der Waals surface area (Å²) in [5.74, 6) is 0. The van der Waals surface area contributed by atoms with Gasteiger partial charge < -0.3 is 0 Å². The lowest BCUT2D eigenvalue weighted by Crippen LogP contribution is -1.82. The fourth-order valence-electron chi connectivity index (χ4n) is 0.938. The van der Waals surface area contributed by atoms with Gasteiger partial charge in [0.25, 0.3) is 0 Å². The highest BCUT2D eigenvalue weighted by molar-refractivity contribution is 5.13. The molecule has 1 aliphatic carbocycles. The maximum Gasteiger partial charge on any atom is -0.0139 e. The molecule has 0 spiro atoms. The Morgan fingerprint density at radius 1 is 1.50 bits per heavy atom. The SMILES string of the molecule is CCC1=CCC=CC1. The van der Waals surface area contributed by atoms with E-state index in [1.807, 2.05) is 0 Å². The van der Waals surface area contributed by atoms with Crippen molar-refractivity contribution in [2.45, 2.75) is 26.2 Å². The molecule has 0 unspecified atom stereocenters. The van der Waals surface area contributed by atoms with Crippen LogP contribution < -0.4 is 0 Å². The van der Waals surface area contributed by atoms with Gasteiger partial charge in [0.2, 0.25) is 0 Å². The van der Waals surface area contributed by atoms with Crippen LogP contribution in [-0.2, 0) is 0 Å². The smallest absolute Gasteiger partial charge is 0.0139 e. The predicted octanol–water partition coefficient (Wildman–Crippen LogP) is 2.67. The van der Waals surface area contributed by atoms with E-state index in [4.69, 9.17) is 0 Å². The first-order chi connectivity index (χ1) is 3.93. The molecule has 0 bridgehead atoms. The van der Waals surface area contributed by atoms with Crippen molar-refractivity contribution in [2.75, 3.05) is 0 Å². The first kappa shape index (κ1) is 5.61. The Labute approximate surface area is 50.9 Å². The standard InChI is InChI=1S/C8H12/c1-2-8-6-4-3-5-7-8/h3-4,7H,2,5-6H2,1H3. The van der Waals surface area contributed by atoms with Gasteiger partial charge in [-0.1, -0.05) is 30.7 Å². The summed E-state index contributed by atoms with van der Waals surface area (Å²) < 4.78 is 0. The Morgan fingerprint density at radius 3 is 2.75 bits per heavy atom. The van der Waals surface area contributed by atoms with E-state index in [-0.39, 0.29) is 0 Å². The molecule has 0 N–H and O–H groups in total. The zero-order valence-electron chi connectivity index (χ0n) is 5.35. The van der Waals surface area contributed by atoms with E-state index in [0.29, 0.717) is 0 Å². The van der Waals surface area contributed by atoms with Crippen LogP contribution in [0.1, 0.15) is 26.2 Å². The fraction of sp³-hybridized carbons (Fsp3) is 0.500. The molecule has 0 heteroatoms. The minimum absolute atomic E-state index is 1.16. The molecule has 8 heavy (non-hydrogen) atoms. The van der Waals surface area contributed by atoms with Crippen LogP contribution in [0.4, 0.5) is 0 Å². The van der Waals surface area contributed by atoms with E-state index in [0.717, 1.165) is 6.42 Å². The zero-order chi connectivity index (χ0) is 5.82. The fourth-order valence-corrected chi connectivity index (χ4v) is 0.938. The molecule has 1 aliphatic rings. The first-order valence-electron chi connectivity index (χ1n) is 3.26. The van der Waals surface area contributed by atoms with Crippen LogP contribution >= 0.6 is 0 Å². The van der Waals surface area contributed by atoms with Crippen molar-refractivity contribution in [1.29, 1.82) is 0 Å². The molecule has 0 aliphatic heterocycles. The molecule has 0 aromatic rings. The predicted molar refractivity (Wildman–Crippen MR) is 36.7 cm³/mol. The average Bonchev–Trinajstić information content (AvgIpc) is 1.90. The Hall–Kier alpha value is -0.520. The van der Waals surface area contributed by atoms with Crippen LogP contribution in [0, 0.1) is 0 Å². The normalized spacial score (nSPS) is 18.4. The van der Waals surface area contributed by atoms with Gasteiger partial charge in [-0.15, -0.1) is 0 Å². The van der Waals surface area contributed by atoms with Crippen molar-refractivity contribution in [3.05, 3.63) is 23.8 Å². The summed E-state index contributed by atoms with van der Waals surface area (Å²) in [5.41, 5.74) is 1.59. The van der Waals surface area contributed by atoms with Crippen molar-refractivity contribution < 1.29 is 0 Å². The van der Waals surface area contributed by atoms with Gasteiger partial charge in [-0.05, 0) is 19.3 Å². The van der Waals surface area contributed by atoms with Crippen molar-refractivity contribution >= 4 is 0 Å². The molecule has 0 heterocycles. The van der Waals surface area contributed by atoms with Crippen molar-refractivity contribution in [2.24, 2.45) is 0 Å². The maximum absolute atomic E-state index is 2.32. The molecule has 0 aromatic carbocycles. The van der Waals surface area contributed by atoms with Crippen molar-refractivity contribution in [1.82, 2.24) is 0 Å². The molecule has 0 radical (unpaired) electrons. The quantitative estimate of drug-likeness (QED) is 0.453. The average molecular weight is 108 g/mol. The lowest BCUT2D eigenvalue weighted by molar-refractivity contribution is 0.991. The van der Waals surface area contributed by atoms with Crippen LogP contribution in [0.15, 0.2) is 23.8 Å². The van der Waals surface area contributed by atoms with Crippen LogP contribution in [0.3, 0.4) is 0 Å². The summed E-state index contributed by atoms with van der Waals surface area (Å²) in [6.45, 7) is 2.21. The van der Waals surface area contributed by atoms with Gasteiger partial charge >= 0.3 is 0 Å². The Bertz CT molecular complexity index is 118. The molecule has 0 amide bonds. The van der Waals surface area contributed by atoms with E-state index in [1.54, 1.807) is 5.57 Å². The Morgan fingerprint density at radius 2 is 2.38 bits per heavy atom. The molecule has 0 saturated heterocycles. The van der Waals surface area contributed by atoms with E-state index < -0.39 is 0 Å². The summed E-state index contributed by atoms with van der Waals surface area (Å²) >= 11 is 0. The van der Waals surface area contributed by atoms with E-state index in [2.05, 4.69) is 25.2 Å². The second-order valence-corrected chi connectivity index (χ2v) is 2.13. The molecule has 0 atom stereocenters. The lowest BCUT2D eigenvalue weighted by Gasteiger charge is -2.02. The highest BCUT2D eigenvalue weighted by Gasteiger charge is 1.92. The van der Waals surface area contributed by atoms with E-state index in [9.17, 15) is 0 Å². The molecule has 0 fully saturated rings. The number of hydrogen-bond donors (Lipinski definition) is 0. The molecular formula is C8H12. The molecule has 0 aromatic heterocycles. The van der Waals surface area contributed by atoms with Gasteiger partial charge in [-0.25, -0.2) is 0 Å². The lowest BCUT2D eigenvalue weighted by atomic mass is 10.0. The summed E-state index contributed by atoms with van der Waals surface area (Å²) in [6.07, 6.45) is 10.4. The Kier molecular flexibility index (Phi) is 1.90. The topological polar surface area (TPSA) is 0 Å². The van der Waals surface area contributed by atoms with E-state index in [1.165, 1.54) is 12.8 Å². The van der Waals surface area contributed by atoms with Gasteiger partial charge in [-0.3, -0.25) is 0 Å². The molecular weight excluding hydrogens is 96.1 g/mol. The third-order valence-corrected chi connectivity index (χ3v) is 1.54. The monoisotopic (exact) mass is 108 g/mol. The Balaban J connectivity index is 2.43. The van der Waals surface area contributed by atoms with Gasteiger partial charge in [0.15, 0.2) is 0 Å². The minimum Gasteiger partial charge on any atom is -0.0844 e. The van der Waals surface area contributed by atoms with Gasteiger partial charge in [0.1, 0.15) is 0 Å². The largest absolute Gasteiger partial charge is 0.0844 e. The van der Waals surface area contributed by atoms with Gasteiger partial charge in [-0.2, -0.15) is 0 Å². The zero-order valence-corrected chi connectivity index (χ0v) is 5.35. The second-order valence-electron chi connectivity index (χ2n) is 2.13. The summed E-state index contributed by atoms with van der Waals surface area (Å²) in [6, 6.07) is 0. The maximum atomic E-state index is 2.32. The van der Waals surface area contributed by atoms with Gasteiger partial charge in [0.05, 0.1) is 0 Å². The third kappa shape index (κ3) is 1.22. The van der Waals surface area contributed by atoms with Crippen molar-refractivity contribution in [3.8, 4) is 0 Å². The molecule has 1 rings (SSSR count). The first-order valence-corrected chi connectivity index (χ1v) is 3.26. The highest BCUT2D eigenvalue weighted by atomic mass is 14.0. The number of allylic oxidation sites excluding steroid dienone is 4. The third-order valence-electron chi connectivity index (χ3n) is 1.54. The van der Waals surface area contributed by atoms with Crippen LogP contribution in [0.5, 0.6) is 0 Å². The molecule has 0 nitrogen and oxygen atoms in total. The molecule has 0 saturated carbocycles. The van der Waals surface area contributed by atoms with Crippen molar-refractivity contribution in [3.63, 3.8) is 0 Å². The van der Waals surface area contributed by atoms with E-state index >= 15 is 0 Å². The number of rotatable bonds is 1. The summed E-state index contributed by atoms with van der Waals surface area (Å²) in [5, 5.41) is 0. The van der Waals surface area contributed by atoms with Crippen LogP contribution in [-0.4, -0.2) is 0 Å². The summed E-state index contributed by atoms with van der Waals surface area (Å²) in [4.78, 5) is 0. The minimum atomic E-state index is 1.16. The molecule has 44 valence electrons.